The molecule has 0 bridgehead atoms. The average Bonchev–Trinajstić information content (AvgIpc) is 2.90. The first-order chi connectivity index (χ1) is 12.2. The maximum atomic E-state index is 13.0. The number of halogens is 1. The molecule has 0 aliphatic carbocycles. The van der Waals surface area contributed by atoms with E-state index < -0.39 is 21.8 Å². The van der Waals surface area contributed by atoms with E-state index in [0.29, 0.717) is 16.2 Å². The number of carbonyl (C=O) groups excluding carboxylic acids is 2. The molecule has 1 aromatic carbocycles. The highest BCUT2D eigenvalue weighted by molar-refractivity contribution is 7.91. The number of amides is 2. The maximum absolute atomic E-state index is 13.0. The number of rotatable bonds is 3. The predicted octanol–water partition coefficient (Wildman–Crippen LogP) is 1.77. The van der Waals surface area contributed by atoms with Gasteiger partial charge in [-0.25, -0.2) is 8.42 Å². The van der Waals surface area contributed by atoms with Gasteiger partial charge in [-0.3, -0.25) is 9.59 Å². The summed E-state index contributed by atoms with van der Waals surface area (Å²) in [6, 6.07) is 4.35. The Morgan fingerprint density at radius 3 is 2.81 bits per heavy atom. The molecular formula is C17H19ClN2O5S. The van der Waals surface area contributed by atoms with Crippen molar-refractivity contribution in [2.45, 2.75) is 19.4 Å². The van der Waals surface area contributed by atoms with Crippen LogP contribution in [0.4, 0.5) is 0 Å². The van der Waals surface area contributed by atoms with Crippen LogP contribution in [0.2, 0.25) is 5.02 Å². The van der Waals surface area contributed by atoms with Gasteiger partial charge in [-0.2, -0.15) is 0 Å². The van der Waals surface area contributed by atoms with Crippen LogP contribution in [-0.2, 0) is 14.6 Å². The molecule has 0 spiro atoms. The van der Waals surface area contributed by atoms with Crippen molar-refractivity contribution < 1.29 is 22.4 Å². The fourth-order valence-electron chi connectivity index (χ4n) is 3.17. The van der Waals surface area contributed by atoms with Gasteiger partial charge in [-0.15, -0.1) is 0 Å². The number of nitrogens with zero attached hydrogens (tertiary/aromatic N) is 1. The van der Waals surface area contributed by atoms with Crippen LogP contribution >= 0.6 is 11.6 Å². The Kier molecular flexibility index (Phi) is 4.98. The highest BCUT2D eigenvalue weighted by Gasteiger charge is 2.37. The number of aryl methyl sites for hydroxylation is 1. The summed E-state index contributed by atoms with van der Waals surface area (Å²) in [6.07, 6.45) is -0.0768. The molecule has 0 radical (unpaired) electrons. The van der Waals surface area contributed by atoms with E-state index >= 15 is 0 Å². The van der Waals surface area contributed by atoms with E-state index in [-0.39, 0.29) is 36.1 Å². The zero-order chi connectivity index (χ0) is 19.1. The van der Waals surface area contributed by atoms with Crippen LogP contribution in [0.1, 0.15) is 22.5 Å². The first-order valence-electron chi connectivity index (χ1n) is 8.12. The Labute approximate surface area is 156 Å². The lowest BCUT2D eigenvalue weighted by Crippen LogP contribution is -2.52. The van der Waals surface area contributed by atoms with Gasteiger partial charge in [0, 0.05) is 36.0 Å². The number of nitrogens with one attached hydrogen (secondary N) is 1. The Morgan fingerprint density at radius 2 is 2.12 bits per heavy atom. The van der Waals surface area contributed by atoms with Gasteiger partial charge < -0.3 is 14.6 Å². The van der Waals surface area contributed by atoms with Gasteiger partial charge >= 0.3 is 0 Å². The number of furan rings is 1. The summed E-state index contributed by atoms with van der Waals surface area (Å²) in [4.78, 5) is 26.2. The van der Waals surface area contributed by atoms with Gasteiger partial charge in [0.25, 0.3) is 5.91 Å². The number of fused-ring (bicyclic) bond motifs is 1. The lowest BCUT2D eigenvalue weighted by atomic mass is 10.1. The summed E-state index contributed by atoms with van der Waals surface area (Å²) in [5.74, 6) is -0.967. The predicted molar refractivity (Wildman–Crippen MR) is 98.1 cm³/mol. The van der Waals surface area contributed by atoms with E-state index in [9.17, 15) is 18.0 Å². The molecule has 1 fully saturated rings. The first-order valence-corrected chi connectivity index (χ1v) is 10.3. The van der Waals surface area contributed by atoms with Crippen LogP contribution in [0, 0.1) is 6.92 Å². The van der Waals surface area contributed by atoms with Crippen molar-refractivity contribution in [2.24, 2.45) is 0 Å². The minimum Gasteiger partial charge on any atom is -0.451 e. The number of benzene rings is 1. The van der Waals surface area contributed by atoms with Crippen LogP contribution in [-0.4, -0.2) is 56.3 Å². The van der Waals surface area contributed by atoms with Crippen molar-refractivity contribution in [2.75, 3.05) is 25.1 Å². The Bertz CT molecular complexity index is 982. The number of hydrogen-bond donors (Lipinski definition) is 1. The molecule has 26 heavy (non-hydrogen) atoms. The lowest BCUT2D eigenvalue weighted by molar-refractivity contribution is -0.121. The zero-order valence-electron chi connectivity index (χ0n) is 14.4. The van der Waals surface area contributed by atoms with Gasteiger partial charge in [0.1, 0.15) is 5.58 Å². The number of sulfone groups is 1. The zero-order valence-corrected chi connectivity index (χ0v) is 16.0. The van der Waals surface area contributed by atoms with Crippen molar-refractivity contribution in [1.29, 1.82) is 0 Å². The lowest BCUT2D eigenvalue weighted by Gasteiger charge is -2.34. The topological polar surface area (TPSA) is 96.7 Å². The molecule has 2 amide bonds. The second-order valence-corrected chi connectivity index (χ2v) is 9.01. The molecule has 1 saturated heterocycles. The normalized spacial score (nSPS) is 19.5. The summed E-state index contributed by atoms with van der Waals surface area (Å²) in [6.45, 7) is 1.78. The highest BCUT2D eigenvalue weighted by atomic mass is 35.5. The molecule has 1 unspecified atom stereocenters. The van der Waals surface area contributed by atoms with Crippen LogP contribution in [0.15, 0.2) is 22.6 Å². The smallest absolute Gasteiger partial charge is 0.290 e. The summed E-state index contributed by atoms with van der Waals surface area (Å²) in [7, 11) is -1.83. The third-order valence-electron chi connectivity index (χ3n) is 4.58. The molecule has 140 valence electrons. The maximum Gasteiger partial charge on any atom is 0.290 e. The summed E-state index contributed by atoms with van der Waals surface area (Å²) in [5.41, 5.74) is 1.17. The fourth-order valence-corrected chi connectivity index (χ4v) is 4.86. The summed E-state index contributed by atoms with van der Waals surface area (Å²) >= 11 is 6.01. The third-order valence-corrected chi connectivity index (χ3v) is 6.52. The van der Waals surface area contributed by atoms with E-state index in [4.69, 9.17) is 16.0 Å². The molecule has 2 heterocycles. The van der Waals surface area contributed by atoms with E-state index in [1.165, 1.54) is 11.9 Å². The van der Waals surface area contributed by atoms with E-state index in [1.807, 2.05) is 0 Å². The molecule has 9 heteroatoms. The SMILES string of the molecule is CNC(=O)CC1CS(=O)(=O)CCN1C(=O)c1oc2ccc(Cl)cc2c1C. The molecule has 1 aromatic heterocycles. The molecule has 1 N–H and O–H groups in total. The van der Waals surface area contributed by atoms with Gasteiger partial charge in [0.15, 0.2) is 15.6 Å². The quantitative estimate of drug-likeness (QED) is 0.849. The first kappa shape index (κ1) is 18.7. The molecular weight excluding hydrogens is 380 g/mol. The summed E-state index contributed by atoms with van der Waals surface area (Å²) in [5, 5.41) is 3.73. The van der Waals surface area contributed by atoms with Crippen molar-refractivity contribution >= 4 is 44.2 Å². The molecule has 0 saturated carbocycles. The van der Waals surface area contributed by atoms with Gasteiger partial charge in [-0.1, -0.05) is 11.6 Å². The van der Waals surface area contributed by atoms with Crippen LogP contribution < -0.4 is 5.32 Å². The van der Waals surface area contributed by atoms with Crippen molar-refractivity contribution in [3.05, 3.63) is 34.5 Å². The minimum absolute atomic E-state index is 0.0278. The Hall–Kier alpha value is -2.06. The van der Waals surface area contributed by atoms with Crippen molar-refractivity contribution in [3.8, 4) is 0 Å². The summed E-state index contributed by atoms with van der Waals surface area (Å²) < 4.78 is 29.6. The van der Waals surface area contributed by atoms with Gasteiger partial charge in [-0.05, 0) is 25.1 Å². The minimum atomic E-state index is -3.30. The average molecular weight is 399 g/mol. The largest absolute Gasteiger partial charge is 0.451 e. The van der Waals surface area contributed by atoms with E-state index in [2.05, 4.69) is 5.32 Å². The number of carbonyl (C=O) groups is 2. The number of hydrogen-bond acceptors (Lipinski definition) is 5. The Balaban J connectivity index is 1.96. The Morgan fingerprint density at radius 1 is 1.38 bits per heavy atom. The second-order valence-electron chi connectivity index (χ2n) is 6.34. The third kappa shape index (κ3) is 3.57. The van der Waals surface area contributed by atoms with Crippen LogP contribution in [0.3, 0.4) is 0 Å². The molecule has 7 nitrogen and oxygen atoms in total. The molecule has 2 aromatic rings. The highest BCUT2D eigenvalue weighted by Crippen LogP contribution is 2.30. The molecule has 1 atom stereocenters. The van der Waals surface area contributed by atoms with E-state index in [0.717, 1.165) is 5.39 Å². The van der Waals surface area contributed by atoms with Gasteiger partial charge in [0.05, 0.1) is 17.5 Å². The second kappa shape index (κ2) is 6.92. The van der Waals surface area contributed by atoms with E-state index in [1.54, 1.807) is 25.1 Å². The standard InChI is InChI=1S/C17H19ClN2O5S/c1-10-13-7-11(18)3-4-14(13)25-16(10)17(22)20-5-6-26(23,24)9-12(20)8-15(21)19-2/h3-4,7,12H,5-6,8-9H2,1-2H3,(H,19,21). The van der Waals surface area contributed by atoms with Crippen LogP contribution in [0.5, 0.6) is 0 Å². The van der Waals surface area contributed by atoms with Crippen molar-refractivity contribution in [3.63, 3.8) is 0 Å². The van der Waals surface area contributed by atoms with Crippen molar-refractivity contribution in [1.82, 2.24) is 10.2 Å². The fraction of sp³-hybridized carbons (Fsp3) is 0.412. The monoisotopic (exact) mass is 398 g/mol. The molecule has 1 aliphatic rings. The molecule has 1 aliphatic heterocycles. The molecule has 3 rings (SSSR count). The van der Waals surface area contributed by atoms with Gasteiger partial charge in [0.2, 0.25) is 5.91 Å². The van der Waals surface area contributed by atoms with Crippen LogP contribution in [0.25, 0.3) is 11.0 Å².